The van der Waals surface area contributed by atoms with E-state index in [2.05, 4.69) is 5.32 Å². The summed E-state index contributed by atoms with van der Waals surface area (Å²) >= 11 is 0. The Morgan fingerprint density at radius 2 is 2.00 bits per heavy atom. The molecular weight excluding hydrogens is 318 g/mol. The van der Waals surface area contributed by atoms with E-state index < -0.39 is 9.84 Å². The second kappa shape index (κ2) is 7.31. The van der Waals surface area contributed by atoms with Crippen molar-refractivity contribution in [3.63, 3.8) is 0 Å². The van der Waals surface area contributed by atoms with Crippen LogP contribution in [0.25, 0.3) is 0 Å². The topological polar surface area (TPSA) is 81.7 Å². The molecule has 0 aromatic heterocycles. The summed E-state index contributed by atoms with van der Waals surface area (Å²) in [6.45, 7) is 3.10. The second-order valence-electron chi connectivity index (χ2n) is 5.80. The van der Waals surface area contributed by atoms with Gasteiger partial charge in [0, 0.05) is 25.4 Å². The van der Waals surface area contributed by atoms with E-state index in [-0.39, 0.29) is 28.5 Å². The van der Waals surface area contributed by atoms with Crippen molar-refractivity contribution in [3.05, 3.63) is 23.8 Å². The normalized spacial score (nSPS) is 17.5. The smallest absolute Gasteiger partial charge is 0.223 e. The summed E-state index contributed by atoms with van der Waals surface area (Å²) in [4.78, 5) is 12.4. The largest absolute Gasteiger partial charge is 0.495 e. The van der Waals surface area contributed by atoms with Crippen LogP contribution in [0, 0.1) is 5.92 Å². The van der Waals surface area contributed by atoms with Crippen molar-refractivity contribution in [1.29, 1.82) is 0 Å². The van der Waals surface area contributed by atoms with Crippen LogP contribution in [0.2, 0.25) is 0 Å². The summed E-state index contributed by atoms with van der Waals surface area (Å²) in [7, 11) is -1.92. The van der Waals surface area contributed by atoms with Crippen molar-refractivity contribution in [2.24, 2.45) is 5.92 Å². The third kappa shape index (κ3) is 4.45. The lowest BCUT2D eigenvalue weighted by Crippen LogP contribution is -2.35. The zero-order chi connectivity index (χ0) is 17.0. The SMILES string of the molecule is COc1cc(C(C)NC(=O)C2CCOCC2)ccc1S(C)(=O)=O. The molecule has 6 nitrogen and oxygen atoms in total. The highest BCUT2D eigenvalue weighted by molar-refractivity contribution is 7.90. The van der Waals surface area contributed by atoms with Gasteiger partial charge in [-0.25, -0.2) is 8.42 Å². The van der Waals surface area contributed by atoms with E-state index in [9.17, 15) is 13.2 Å². The number of ether oxygens (including phenoxy) is 2. The summed E-state index contributed by atoms with van der Waals surface area (Å²) in [5.41, 5.74) is 0.801. The first-order chi connectivity index (χ1) is 10.8. The summed E-state index contributed by atoms with van der Waals surface area (Å²) in [5.74, 6) is 0.271. The Hall–Kier alpha value is -1.60. The van der Waals surface area contributed by atoms with Gasteiger partial charge in [0.25, 0.3) is 0 Å². The molecule has 1 unspecified atom stereocenters. The Morgan fingerprint density at radius 3 is 2.57 bits per heavy atom. The van der Waals surface area contributed by atoms with E-state index in [0.717, 1.165) is 24.7 Å². The molecule has 0 bridgehead atoms. The first-order valence-corrected chi connectivity index (χ1v) is 9.48. The molecule has 1 fully saturated rings. The zero-order valence-electron chi connectivity index (χ0n) is 13.7. The van der Waals surface area contributed by atoms with Crippen molar-refractivity contribution in [2.45, 2.75) is 30.7 Å². The fourth-order valence-electron chi connectivity index (χ4n) is 2.63. The predicted molar refractivity (Wildman–Crippen MR) is 86.2 cm³/mol. The number of carbonyl (C=O) groups excluding carboxylic acids is 1. The number of nitrogens with one attached hydrogen (secondary N) is 1. The van der Waals surface area contributed by atoms with Gasteiger partial charge in [0.1, 0.15) is 10.6 Å². The van der Waals surface area contributed by atoms with Crippen LogP contribution in [-0.4, -0.2) is 40.9 Å². The molecule has 1 aliphatic rings. The van der Waals surface area contributed by atoms with Gasteiger partial charge in [-0.2, -0.15) is 0 Å². The zero-order valence-corrected chi connectivity index (χ0v) is 14.5. The predicted octanol–water partition coefficient (Wildman–Crippen LogP) is 1.70. The van der Waals surface area contributed by atoms with Gasteiger partial charge < -0.3 is 14.8 Å². The van der Waals surface area contributed by atoms with E-state index in [0.29, 0.717) is 13.2 Å². The van der Waals surface area contributed by atoms with Crippen LogP contribution >= 0.6 is 0 Å². The summed E-state index contributed by atoms with van der Waals surface area (Å²) in [6, 6.07) is 4.65. The number of amides is 1. The molecule has 0 saturated carbocycles. The molecule has 2 rings (SSSR count). The minimum Gasteiger partial charge on any atom is -0.495 e. The minimum absolute atomic E-state index is 0.00644. The van der Waals surface area contributed by atoms with Crippen LogP contribution in [0.1, 0.15) is 31.4 Å². The molecule has 1 aromatic carbocycles. The molecule has 1 aromatic rings. The molecule has 0 spiro atoms. The quantitative estimate of drug-likeness (QED) is 0.881. The van der Waals surface area contributed by atoms with E-state index >= 15 is 0 Å². The maximum absolute atomic E-state index is 12.3. The van der Waals surface area contributed by atoms with Crippen LogP contribution in [0.15, 0.2) is 23.1 Å². The van der Waals surface area contributed by atoms with Gasteiger partial charge in [-0.1, -0.05) is 6.07 Å². The lowest BCUT2D eigenvalue weighted by molar-refractivity contribution is -0.128. The van der Waals surface area contributed by atoms with Gasteiger partial charge in [0.05, 0.1) is 13.2 Å². The maximum Gasteiger partial charge on any atom is 0.223 e. The average molecular weight is 341 g/mol. The maximum atomic E-state index is 12.3. The van der Waals surface area contributed by atoms with Gasteiger partial charge in [0.15, 0.2) is 9.84 Å². The Bertz CT molecular complexity index is 665. The number of methoxy groups -OCH3 is 1. The summed E-state index contributed by atoms with van der Waals surface area (Å²) in [6.07, 6.45) is 2.60. The molecule has 128 valence electrons. The molecule has 1 amide bonds. The summed E-state index contributed by atoms with van der Waals surface area (Å²) in [5, 5.41) is 2.98. The monoisotopic (exact) mass is 341 g/mol. The third-order valence-electron chi connectivity index (χ3n) is 4.04. The van der Waals surface area contributed by atoms with Crippen LogP contribution in [-0.2, 0) is 19.4 Å². The molecule has 1 heterocycles. The van der Waals surface area contributed by atoms with Gasteiger partial charge >= 0.3 is 0 Å². The lowest BCUT2D eigenvalue weighted by Gasteiger charge is -2.24. The highest BCUT2D eigenvalue weighted by atomic mass is 32.2. The van der Waals surface area contributed by atoms with Crippen molar-refractivity contribution >= 4 is 15.7 Å². The van der Waals surface area contributed by atoms with E-state index in [1.165, 1.54) is 13.2 Å². The fraction of sp³-hybridized carbons (Fsp3) is 0.562. The molecule has 1 saturated heterocycles. The van der Waals surface area contributed by atoms with Crippen LogP contribution in [0.3, 0.4) is 0 Å². The minimum atomic E-state index is -3.35. The Kier molecular flexibility index (Phi) is 5.64. The van der Waals surface area contributed by atoms with Gasteiger partial charge in [-0.05, 0) is 37.5 Å². The molecule has 1 aliphatic heterocycles. The van der Waals surface area contributed by atoms with Crippen molar-refractivity contribution in [2.75, 3.05) is 26.6 Å². The number of hydrogen-bond donors (Lipinski definition) is 1. The fourth-order valence-corrected chi connectivity index (χ4v) is 3.46. The second-order valence-corrected chi connectivity index (χ2v) is 7.78. The van der Waals surface area contributed by atoms with Gasteiger partial charge in [-0.15, -0.1) is 0 Å². The molecule has 23 heavy (non-hydrogen) atoms. The highest BCUT2D eigenvalue weighted by Crippen LogP contribution is 2.28. The Morgan fingerprint density at radius 1 is 1.35 bits per heavy atom. The van der Waals surface area contributed by atoms with E-state index in [1.807, 2.05) is 6.92 Å². The number of sulfone groups is 1. The number of carbonyl (C=O) groups is 1. The van der Waals surface area contributed by atoms with Crippen LogP contribution < -0.4 is 10.1 Å². The van der Waals surface area contributed by atoms with Gasteiger partial charge in [0.2, 0.25) is 5.91 Å². The van der Waals surface area contributed by atoms with E-state index in [4.69, 9.17) is 9.47 Å². The lowest BCUT2D eigenvalue weighted by atomic mass is 9.98. The van der Waals surface area contributed by atoms with Crippen molar-refractivity contribution < 1.29 is 22.7 Å². The molecule has 1 atom stereocenters. The van der Waals surface area contributed by atoms with Crippen molar-refractivity contribution in [1.82, 2.24) is 5.32 Å². The molecule has 0 aliphatic carbocycles. The number of rotatable bonds is 5. The Balaban J connectivity index is 2.13. The standard InChI is InChI=1S/C16H23NO5S/c1-11(17-16(18)12-6-8-22-9-7-12)13-4-5-15(23(3,19)20)14(10-13)21-2/h4-5,10-12H,6-9H2,1-3H3,(H,17,18). The molecular formula is C16H23NO5S. The Labute approximate surface area is 137 Å². The number of benzene rings is 1. The molecule has 0 radical (unpaired) electrons. The highest BCUT2D eigenvalue weighted by Gasteiger charge is 2.23. The van der Waals surface area contributed by atoms with E-state index in [1.54, 1.807) is 12.1 Å². The van der Waals surface area contributed by atoms with Crippen molar-refractivity contribution in [3.8, 4) is 5.75 Å². The first kappa shape index (κ1) is 17.7. The van der Waals surface area contributed by atoms with Gasteiger partial charge in [-0.3, -0.25) is 4.79 Å². The summed E-state index contributed by atoms with van der Waals surface area (Å²) < 4.78 is 33.9. The van der Waals surface area contributed by atoms with Crippen LogP contribution in [0.5, 0.6) is 5.75 Å². The average Bonchev–Trinajstić information content (AvgIpc) is 2.54. The van der Waals surface area contributed by atoms with Crippen LogP contribution in [0.4, 0.5) is 0 Å². The first-order valence-electron chi connectivity index (χ1n) is 7.59. The third-order valence-corrected chi connectivity index (χ3v) is 5.17. The molecule has 7 heteroatoms. The molecule has 1 N–H and O–H groups in total. The number of hydrogen-bond acceptors (Lipinski definition) is 5.